The largest absolute Gasteiger partial charge is 0.329 e. The summed E-state index contributed by atoms with van der Waals surface area (Å²) < 4.78 is 0. The lowest BCUT2D eigenvalue weighted by Gasteiger charge is -2.50. The molecule has 1 fully saturated rings. The van der Waals surface area contributed by atoms with Crippen molar-refractivity contribution < 1.29 is 0 Å². The van der Waals surface area contributed by atoms with Gasteiger partial charge in [0.25, 0.3) is 0 Å². The third-order valence-corrected chi connectivity index (χ3v) is 4.93. The van der Waals surface area contributed by atoms with Gasteiger partial charge in [0.2, 0.25) is 0 Å². The minimum absolute atomic E-state index is 0.294. The third-order valence-electron chi connectivity index (χ3n) is 4.93. The van der Waals surface area contributed by atoms with Crippen LogP contribution in [0.25, 0.3) is 0 Å². The van der Waals surface area contributed by atoms with Crippen LogP contribution >= 0.6 is 0 Å². The zero-order valence-corrected chi connectivity index (χ0v) is 13.0. The Bertz CT molecular complexity index is 229. The van der Waals surface area contributed by atoms with E-state index in [0.29, 0.717) is 11.6 Å². The van der Waals surface area contributed by atoms with Crippen LogP contribution in [0, 0.1) is 5.92 Å². The van der Waals surface area contributed by atoms with Gasteiger partial charge in [0.15, 0.2) is 0 Å². The number of hydrogen-bond acceptors (Lipinski definition) is 2. The zero-order valence-electron chi connectivity index (χ0n) is 13.0. The normalized spacial score (nSPS) is 30.7. The Morgan fingerprint density at radius 1 is 1.39 bits per heavy atom. The summed E-state index contributed by atoms with van der Waals surface area (Å²) in [5.74, 6) is 0.843. The van der Waals surface area contributed by atoms with Crippen molar-refractivity contribution in [1.29, 1.82) is 0 Å². The summed E-state index contributed by atoms with van der Waals surface area (Å²) >= 11 is 0. The van der Waals surface area contributed by atoms with Crippen LogP contribution in [0.2, 0.25) is 0 Å². The standard InChI is InChI=1S/C16H34N2/c1-5-7-11-18(15(4)6-2)16(13-17)10-8-9-14(3)12-16/h14-15H,5-13,17H2,1-4H3. The highest BCUT2D eigenvalue weighted by atomic mass is 15.2. The number of nitrogens with zero attached hydrogens (tertiary/aromatic N) is 1. The van der Waals surface area contributed by atoms with E-state index in [1.807, 2.05) is 0 Å². The molecule has 0 spiro atoms. The SMILES string of the molecule is CCCCN(C(C)CC)C1(CN)CCCC(C)C1. The van der Waals surface area contributed by atoms with Gasteiger partial charge in [-0.05, 0) is 45.1 Å². The average molecular weight is 254 g/mol. The molecule has 0 bridgehead atoms. The molecule has 1 rings (SSSR count). The maximum atomic E-state index is 6.22. The first-order valence-electron chi connectivity index (χ1n) is 8.06. The van der Waals surface area contributed by atoms with Crippen LogP contribution in [0.5, 0.6) is 0 Å². The van der Waals surface area contributed by atoms with E-state index in [0.717, 1.165) is 12.5 Å². The second-order valence-electron chi connectivity index (χ2n) is 6.43. The summed E-state index contributed by atoms with van der Waals surface area (Å²) in [6, 6.07) is 0.672. The van der Waals surface area contributed by atoms with Gasteiger partial charge in [-0.3, -0.25) is 4.90 Å². The van der Waals surface area contributed by atoms with Crippen LogP contribution in [-0.2, 0) is 0 Å². The fourth-order valence-corrected chi connectivity index (χ4v) is 3.67. The van der Waals surface area contributed by atoms with E-state index in [9.17, 15) is 0 Å². The van der Waals surface area contributed by atoms with Gasteiger partial charge in [-0.1, -0.05) is 40.0 Å². The van der Waals surface area contributed by atoms with Crippen molar-refractivity contribution in [2.45, 2.75) is 84.2 Å². The van der Waals surface area contributed by atoms with Crippen molar-refractivity contribution in [2.75, 3.05) is 13.1 Å². The van der Waals surface area contributed by atoms with E-state index in [1.165, 1.54) is 51.5 Å². The Labute approximate surface area is 114 Å². The first-order chi connectivity index (χ1) is 8.59. The molecule has 0 saturated heterocycles. The molecule has 0 heterocycles. The highest BCUT2D eigenvalue weighted by molar-refractivity contribution is 4.97. The maximum Gasteiger partial charge on any atom is 0.0337 e. The molecule has 1 saturated carbocycles. The number of rotatable bonds is 7. The Kier molecular flexibility index (Phi) is 6.65. The van der Waals surface area contributed by atoms with Crippen molar-refractivity contribution in [3.8, 4) is 0 Å². The zero-order chi connectivity index (χ0) is 13.6. The number of hydrogen-bond donors (Lipinski definition) is 1. The van der Waals surface area contributed by atoms with E-state index in [4.69, 9.17) is 5.73 Å². The number of nitrogens with two attached hydrogens (primary N) is 1. The molecule has 0 aromatic carbocycles. The molecule has 108 valence electrons. The Morgan fingerprint density at radius 3 is 2.61 bits per heavy atom. The molecule has 2 N–H and O–H groups in total. The summed E-state index contributed by atoms with van der Waals surface area (Å²) in [6.45, 7) is 11.4. The van der Waals surface area contributed by atoms with Gasteiger partial charge in [-0.25, -0.2) is 0 Å². The lowest BCUT2D eigenvalue weighted by molar-refractivity contribution is 0.00728. The predicted octanol–water partition coefficient (Wildman–Crippen LogP) is 3.79. The van der Waals surface area contributed by atoms with Gasteiger partial charge in [-0.15, -0.1) is 0 Å². The van der Waals surface area contributed by atoms with E-state index in [-0.39, 0.29) is 0 Å². The molecule has 0 aromatic heterocycles. The maximum absolute atomic E-state index is 6.22. The fourth-order valence-electron chi connectivity index (χ4n) is 3.67. The van der Waals surface area contributed by atoms with E-state index < -0.39 is 0 Å². The lowest BCUT2D eigenvalue weighted by Crippen LogP contribution is -2.59. The molecule has 1 aliphatic rings. The molecular weight excluding hydrogens is 220 g/mol. The minimum atomic E-state index is 0.294. The molecule has 0 radical (unpaired) electrons. The van der Waals surface area contributed by atoms with Crippen LogP contribution in [0.15, 0.2) is 0 Å². The second-order valence-corrected chi connectivity index (χ2v) is 6.43. The van der Waals surface area contributed by atoms with Gasteiger partial charge in [0.05, 0.1) is 0 Å². The number of unbranched alkanes of at least 4 members (excludes halogenated alkanes) is 1. The van der Waals surface area contributed by atoms with Gasteiger partial charge in [0, 0.05) is 18.1 Å². The van der Waals surface area contributed by atoms with Crippen LogP contribution in [0.1, 0.15) is 72.6 Å². The van der Waals surface area contributed by atoms with Crippen molar-refractivity contribution in [2.24, 2.45) is 11.7 Å². The van der Waals surface area contributed by atoms with Gasteiger partial charge in [-0.2, -0.15) is 0 Å². The smallest absolute Gasteiger partial charge is 0.0337 e. The van der Waals surface area contributed by atoms with Crippen molar-refractivity contribution in [3.63, 3.8) is 0 Å². The monoisotopic (exact) mass is 254 g/mol. The van der Waals surface area contributed by atoms with Crippen molar-refractivity contribution in [1.82, 2.24) is 4.90 Å². The predicted molar refractivity (Wildman–Crippen MR) is 80.8 cm³/mol. The van der Waals surface area contributed by atoms with E-state index in [2.05, 4.69) is 32.6 Å². The molecule has 3 atom stereocenters. The molecule has 1 aliphatic carbocycles. The molecule has 18 heavy (non-hydrogen) atoms. The molecule has 0 amide bonds. The highest BCUT2D eigenvalue weighted by Gasteiger charge is 2.40. The topological polar surface area (TPSA) is 29.3 Å². The van der Waals surface area contributed by atoms with Crippen molar-refractivity contribution in [3.05, 3.63) is 0 Å². The quantitative estimate of drug-likeness (QED) is 0.749. The van der Waals surface area contributed by atoms with Crippen LogP contribution in [0.4, 0.5) is 0 Å². The minimum Gasteiger partial charge on any atom is -0.329 e. The summed E-state index contributed by atoms with van der Waals surface area (Å²) in [7, 11) is 0. The lowest BCUT2D eigenvalue weighted by atomic mass is 9.74. The van der Waals surface area contributed by atoms with E-state index in [1.54, 1.807) is 0 Å². The van der Waals surface area contributed by atoms with Crippen molar-refractivity contribution >= 4 is 0 Å². The molecule has 0 aliphatic heterocycles. The Balaban J connectivity index is 2.83. The molecular formula is C16H34N2. The first-order valence-corrected chi connectivity index (χ1v) is 8.06. The summed E-state index contributed by atoms with van der Waals surface area (Å²) in [5.41, 5.74) is 6.52. The van der Waals surface area contributed by atoms with Crippen LogP contribution < -0.4 is 5.73 Å². The summed E-state index contributed by atoms with van der Waals surface area (Å²) in [5, 5.41) is 0. The van der Waals surface area contributed by atoms with Crippen LogP contribution in [0.3, 0.4) is 0 Å². The molecule has 3 unspecified atom stereocenters. The highest BCUT2D eigenvalue weighted by Crippen LogP contribution is 2.37. The van der Waals surface area contributed by atoms with Gasteiger partial charge >= 0.3 is 0 Å². The average Bonchev–Trinajstić information content (AvgIpc) is 2.38. The first kappa shape index (κ1) is 16.0. The van der Waals surface area contributed by atoms with E-state index >= 15 is 0 Å². The summed E-state index contributed by atoms with van der Waals surface area (Å²) in [4.78, 5) is 2.76. The second kappa shape index (κ2) is 7.49. The fraction of sp³-hybridized carbons (Fsp3) is 1.00. The van der Waals surface area contributed by atoms with Gasteiger partial charge in [0.1, 0.15) is 0 Å². The molecule has 2 heteroatoms. The summed E-state index contributed by atoms with van der Waals surface area (Å²) in [6.07, 6.45) is 9.18. The Morgan fingerprint density at radius 2 is 2.11 bits per heavy atom. The van der Waals surface area contributed by atoms with Crippen LogP contribution in [-0.4, -0.2) is 29.6 Å². The molecule has 2 nitrogen and oxygen atoms in total. The Hall–Kier alpha value is -0.0800. The third kappa shape index (κ3) is 3.71. The molecule has 0 aromatic rings. The van der Waals surface area contributed by atoms with Gasteiger partial charge < -0.3 is 5.73 Å².